The molecule has 1 aliphatic carbocycles. The molecular weight excluding hydrogens is 256 g/mol. The number of pyridine rings is 1. The normalized spacial score (nSPS) is 14.2. The zero-order valence-corrected chi connectivity index (χ0v) is 11.0. The van der Waals surface area contributed by atoms with E-state index in [1.807, 2.05) is 17.0 Å². The molecule has 0 spiro atoms. The Kier molecular flexibility index (Phi) is 3.32. The lowest BCUT2D eigenvalue weighted by Gasteiger charge is -2.22. The first-order chi connectivity index (χ1) is 9.72. The van der Waals surface area contributed by atoms with E-state index in [9.17, 15) is 4.79 Å². The Balaban J connectivity index is 1.69. The maximum absolute atomic E-state index is 12.4. The molecule has 0 unspecified atom stereocenters. The van der Waals surface area contributed by atoms with Crippen molar-refractivity contribution in [1.29, 1.82) is 0 Å². The second-order valence-corrected chi connectivity index (χ2v) is 4.91. The molecule has 0 aliphatic heterocycles. The van der Waals surface area contributed by atoms with Crippen molar-refractivity contribution in [3.05, 3.63) is 36.4 Å². The van der Waals surface area contributed by atoms with Gasteiger partial charge in [-0.25, -0.2) is 9.67 Å². The van der Waals surface area contributed by atoms with Gasteiger partial charge in [-0.15, -0.1) is 5.10 Å². The molecule has 1 saturated carbocycles. The standard InChI is InChI=1S/C13H16N6O/c14-13-16-9-18(17-13)8-12(20)19(11-1-2-11)7-10-3-5-15-6-4-10/h3-6,9,11H,1-2,7-8H2,(H2,14,17). The molecule has 3 rings (SSSR count). The molecule has 2 N–H and O–H groups in total. The van der Waals surface area contributed by atoms with Crippen molar-refractivity contribution in [3.63, 3.8) is 0 Å². The van der Waals surface area contributed by atoms with Crippen LogP contribution in [0.3, 0.4) is 0 Å². The number of nitrogens with zero attached hydrogens (tertiary/aromatic N) is 5. The van der Waals surface area contributed by atoms with Crippen LogP contribution in [0.4, 0.5) is 5.95 Å². The van der Waals surface area contributed by atoms with Gasteiger partial charge >= 0.3 is 0 Å². The molecule has 0 bridgehead atoms. The van der Waals surface area contributed by atoms with Gasteiger partial charge in [0.25, 0.3) is 0 Å². The maximum Gasteiger partial charge on any atom is 0.244 e. The van der Waals surface area contributed by atoms with Gasteiger partial charge in [0.2, 0.25) is 11.9 Å². The highest BCUT2D eigenvalue weighted by Crippen LogP contribution is 2.28. The van der Waals surface area contributed by atoms with Gasteiger partial charge in [-0.3, -0.25) is 9.78 Å². The minimum atomic E-state index is 0.0363. The largest absolute Gasteiger partial charge is 0.367 e. The van der Waals surface area contributed by atoms with Crippen molar-refractivity contribution < 1.29 is 4.79 Å². The number of hydrogen-bond donors (Lipinski definition) is 1. The van der Waals surface area contributed by atoms with Crippen LogP contribution in [-0.4, -0.2) is 36.6 Å². The number of rotatable bonds is 5. The first kappa shape index (κ1) is 12.6. The summed E-state index contributed by atoms with van der Waals surface area (Å²) in [6.07, 6.45) is 7.09. The molecule has 7 nitrogen and oxygen atoms in total. The number of hydrogen-bond acceptors (Lipinski definition) is 5. The quantitative estimate of drug-likeness (QED) is 0.853. The molecule has 2 heterocycles. The minimum Gasteiger partial charge on any atom is -0.367 e. The molecule has 1 amide bonds. The number of amides is 1. The Bertz CT molecular complexity index is 592. The highest BCUT2D eigenvalue weighted by atomic mass is 16.2. The van der Waals surface area contributed by atoms with E-state index in [1.54, 1.807) is 12.4 Å². The Morgan fingerprint density at radius 1 is 1.40 bits per heavy atom. The predicted octanol–water partition coefficient (Wildman–Crippen LogP) is 0.446. The Morgan fingerprint density at radius 2 is 2.15 bits per heavy atom. The predicted molar refractivity (Wildman–Crippen MR) is 72.2 cm³/mol. The summed E-state index contributed by atoms with van der Waals surface area (Å²) in [6.45, 7) is 0.780. The third-order valence-corrected chi connectivity index (χ3v) is 3.26. The van der Waals surface area contributed by atoms with Crippen LogP contribution in [-0.2, 0) is 17.9 Å². The zero-order chi connectivity index (χ0) is 13.9. The second kappa shape index (κ2) is 5.28. The van der Waals surface area contributed by atoms with Gasteiger partial charge in [0, 0.05) is 25.0 Å². The summed E-state index contributed by atoms with van der Waals surface area (Å²) < 4.78 is 1.47. The van der Waals surface area contributed by atoms with Crippen LogP contribution in [0, 0.1) is 0 Å². The molecule has 0 atom stereocenters. The van der Waals surface area contributed by atoms with Crippen LogP contribution in [0.1, 0.15) is 18.4 Å². The van der Waals surface area contributed by atoms with Gasteiger partial charge in [0.05, 0.1) is 0 Å². The maximum atomic E-state index is 12.4. The molecule has 7 heteroatoms. The highest BCUT2D eigenvalue weighted by Gasteiger charge is 2.32. The lowest BCUT2D eigenvalue weighted by molar-refractivity contribution is -0.133. The summed E-state index contributed by atoms with van der Waals surface area (Å²) in [7, 11) is 0. The lowest BCUT2D eigenvalue weighted by atomic mass is 10.2. The number of aromatic nitrogens is 4. The zero-order valence-electron chi connectivity index (χ0n) is 11.0. The van der Waals surface area contributed by atoms with E-state index in [2.05, 4.69) is 15.1 Å². The van der Waals surface area contributed by atoms with Gasteiger partial charge in [-0.2, -0.15) is 0 Å². The van der Waals surface area contributed by atoms with Crippen LogP contribution in [0.2, 0.25) is 0 Å². The summed E-state index contributed by atoms with van der Waals surface area (Å²) in [5.41, 5.74) is 6.53. The van der Waals surface area contributed by atoms with Gasteiger partial charge in [-0.05, 0) is 30.5 Å². The number of nitrogens with two attached hydrogens (primary N) is 1. The molecule has 0 saturated heterocycles. The smallest absolute Gasteiger partial charge is 0.244 e. The van der Waals surface area contributed by atoms with E-state index in [0.29, 0.717) is 12.6 Å². The minimum absolute atomic E-state index is 0.0363. The average Bonchev–Trinajstić information content (AvgIpc) is 3.21. The number of anilines is 1. The fourth-order valence-corrected chi connectivity index (χ4v) is 2.11. The Labute approximate surface area is 116 Å². The van der Waals surface area contributed by atoms with Crippen LogP contribution >= 0.6 is 0 Å². The first-order valence-corrected chi connectivity index (χ1v) is 6.55. The summed E-state index contributed by atoms with van der Waals surface area (Å²) >= 11 is 0. The van der Waals surface area contributed by atoms with E-state index in [1.165, 1.54) is 11.0 Å². The molecule has 0 radical (unpaired) electrons. The van der Waals surface area contributed by atoms with E-state index in [4.69, 9.17) is 5.73 Å². The van der Waals surface area contributed by atoms with Crippen LogP contribution in [0.25, 0.3) is 0 Å². The van der Waals surface area contributed by atoms with E-state index in [0.717, 1.165) is 18.4 Å². The van der Waals surface area contributed by atoms with Crippen molar-refractivity contribution in [1.82, 2.24) is 24.6 Å². The molecule has 1 aliphatic rings. The molecule has 2 aromatic rings. The summed E-state index contributed by atoms with van der Waals surface area (Å²) in [5.74, 6) is 0.221. The Hall–Kier alpha value is -2.44. The average molecular weight is 272 g/mol. The van der Waals surface area contributed by atoms with Gasteiger partial charge < -0.3 is 10.6 Å². The van der Waals surface area contributed by atoms with Crippen molar-refractivity contribution in [2.45, 2.75) is 32.0 Å². The SMILES string of the molecule is Nc1ncn(CC(=O)N(Cc2ccncc2)C2CC2)n1. The van der Waals surface area contributed by atoms with Crippen LogP contribution in [0.15, 0.2) is 30.9 Å². The third kappa shape index (κ3) is 2.93. The van der Waals surface area contributed by atoms with Gasteiger partial charge in [-0.1, -0.05) is 0 Å². The Morgan fingerprint density at radius 3 is 2.75 bits per heavy atom. The van der Waals surface area contributed by atoms with Crippen molar-refractivity contribution in [2.75, 3.05) is 5.73 Å². The molecule has 104 valence electrons. The number of carbonyl (C=O) groups is 1. The fraction of sp³-hybridized carbons (Fsp3) is 0.385. The lowest BCUT2D eigenvalue weighted by Crippen LogP contribution is -2.35. The summed E-state index contributed by atoms with van der Waals surface area (Å²) in [5, 5.41) is 3.95. The third-order valence-electron chi connectivity index (χ3n) is 3.26. The van der Waals surface area contributed by atoms with E-state index < -0.39 is 0 Å². The van der Waals surface area contributed by atoms with Crippen molar-refractivity contribution in [3.8, 4) is 0 Å². The molecule has 1 fully saturated rings. The highest BCUT2D eigenvalue weighted by molar-refractivity contribution is 5.76. The number of carbonyl (C=O) groups excluding carboxylic acids is 1. The summed E-state index contributed by atoms with van der Waals surface area (Å²) in [6, 6.07) is 4.20. The first-order valence-electron chi connectivity index (χ1n) is 6.55. The van der Waals surface area contributed by atoms with Gasteiger partial charge in [0.1, 0.15) is 12.9 Å². The molecule has 2 aromatic heterocycles. The van der Waals surface area contributed by atoms with Gasteiger partial charge in [0.15, 0.2) is 0 Å². The van der Waals surface area contributed by atoms with Crippen LogP contribution < -0.4 is 5.73 Å². The van der Waals surface area contributed by atoms with Crippen molar-refractivity contribution >= 4 is 11.9 Å². The number of nitrogen functional groups attached to an aromatic ring is 1. The fourth-order valence-electron chi connectivity index (χ4n) is 2.11. The summed E-state index contributed by atoms with van der Waals surface area (Å²) in [4.78, 5) is 22.1. The monoisotopic (exact) mass is 272 g/mol. The molecular formula is C13H16N6O. The molecule has 20 heavy (non-hydrogen) atoms. The van der Waals surface area contributed by atoms with Crippen LogP contribution in [0.5, 0.6) is 0 Å². The second-order valence-electron chi connectivity index (χ2n) is 4.91. The molecule has 0 aromatic carbocycles. The van der Waals surface area contributed by atoms with E-state index >= 15 is 0 Å². The topological polar surface area (TPSA) is 89.9 Å². The van der Waals surface area contributed by atoms with Crippen molar-refractivity contribution in [2.24, 2.45) is 0 Å². The van der Waals surface area contributed by atoms with E-state index in [-0.39, 0.29) is 18.4 Å².